The number of hydrogen-bond acceptors (Lipinski definition) is 2. The Kier molecular flexibility index (Phi) is 6.76. The van der Waals surface area contributed by atoms with Crippen LogP contribution in [0.1, 0.15) is 11.1 Å². The normalized spacial score (nSPS) is 14.5. The first-order valence-corrected chi connectivity index (χ1v) is 14.5. The van der Waals surface area contributed by atoms with E-state index in [1.54, 1.807) is 0 Å². The maximum absolute atomic E-state index is 5.27. The van der Waals surface area contributed by atoms with Crippen molar-refractivity contribution in [3.05, 3.63) is 132 Å². The minimum Gasteiger partial charge on any atom is -0.245 e. The Balaban J connectivity index is 0.000000804. The van der Waals surface area contributed by atoms with Crippen molar-refractivity contribution in [3.8, 4) is 0 Å². The quantitative estimate of drug-likeness (QED) is 0.188. The third kappa shape index (κ3) is 4.45. The molecule has 0 aromatic heterocycles. The van der Waals surface area contributed by atoms with Gasteiger partial charge < -0.3 is 0 Å². The van der Waals surface area contributed by atoms with Crippen LogP contribution in [0, 0.1) is 0 Å². The van der Waals surface area contributed by atoms with Gasteiger partial charge in [0.2, 0.25) is 0 Å². The molecule has 5 heteroatoms. The summed E-state index contributed by atoms with van der Waals surface area (Å²) in [6, 6.07) is 42.3. The van der Waals surface area contributed by atoms with Crippen LogP contribution < -0.4 is 0 Å². The van der Waals surface area contributed by atoms with E-state index < -0.39 is 0 Å². The fraction of sp³-hybridized carbons (Fsp3) is 0. The molecular formula is C32H20Cl2N2Ni. The first-order chi connectivity index (χ1) is 18.3. The van der Waals surface area contributed by atoms with E-state index in [4.69, 9.17) is 30.4 Å². The Labute approximate surface area is 229 Å². The number of halogens is 2. The molecule has 0 amide bonds. The molecule has 0 atom stereocenters. The summed E-state index contributed by atoms with van der Waals surface area (Å²) in [6.45, 7) is 0. The van der Waals surface area contributed by atoms with E-state index in [-0.39, 0.29) is 0 Å². The molecule has 0 unspecified atom stereocenters. The number of aliphatic imine (C=N–C) groups is 2. The van der Waals surface area contributed by atoms with Gasteiger partial charge in [-0.05, 0) is 28.3 Å². The summed E-state index contributed by atoms with van der Waals surface area (Å²) in [7, 11) is 9.40. The molecule has 6 aromatic carbocycles. The van der Waals surface area contributed by atoms with Crippen molar-refractivity contribution >= 4 is 75.5 Å². The largest absolute Gasteiger partial charge is 0.245 e. The molecule has 0 heterocycles. The van der Waals surface area contributed by atoms with Gasteiger partial charge in [0.15, 0.2) is 0 Å². The van der Waals surface area contributed by atoms with E-state index in [1.807, 2.05) is 0 Å². The smallest absolute Gasteiger partial charge is 0.0979 e. The molecule has 6 aromatic rings. The van der Waals surface area contributed by atoms with Gasteiger partial charge in [-0.25, -0.2) is 9.98 Å². The summed E-state index contributed by atoms with van der Waals surface area (Å²) in [5.74, 6) is 0. The minimum absolute atomic E-state index is 0.569. The summed E-state index contributed by atoms with van der Waals surface area (Å²) in [4.78, 5) is 10.5. The molecule has 7 rings (SSSR count). The standard InChI is InChI=1S/C32H20N2.2ClH.Ni/c1-3-15-24-21(9-1)11-7-19-28(24)33-31-26-17-5-13-23-14-6-18-27(30(23)26)32(31)34-29-20-8-12-22-10-2-4-16-25(22)29;;;/h1-20H;2*1H;/q;;;+2/p-2. The first kappa shape index (κ1) is 23.9. The number of rotatable bonds is 2. The fourth-order valence-electron chi connectivity index (χ4n) is 5.07. The number of benzene rings is 6. The van der Waals surface area contributed by atoms with Gasteiger partial charge in [0.25, 0.3) is 0 Å². The second-order valence-electron chi connectivity index (χ2n) is 8.67. The Morgan fingerprint density at radius 1 is 0.432 bits per heavy atom. The molecule has 1 aliphatic rings. The first-order valence-electron chi connectivity index (χ1n) is 11.8. The second kappa shape index (κ2) is 10.5. The molecule has 0 saturated carbocycles. The van der Waals surface area contributed by atoms with Gasteiger partial charge >= 0.3 is 33.0 Å². The minimum atomic E-state index is 0.569. The average Bonchev–Trinajstić information content (AvgIpc) is 3.23. The monoisotopic (exact) mass is 560 g/mol. The van der Waals surface area contributed by atoms with Crippen molar-refractivity contribution < 1.29 is 12.7 Å². The molecule has 0 N–H and O–H groups in total. The van der Waals surface area contributed by atoms with Crippen LogP contribution in [0.2, 0.25) is 0 Å². The van der Waals surface area contributed by atoms with Gasteiger partial charge in [-0.2, -0.15) is 0 Å². The van der Waals surface area contributed by atoms with Crippen molar-refractivity contribution in [1.29, 1.82) is 0 Å². The molecule has 1 aliphatic carbocycles. The van der Waals surface area contributed by atoms with Crippen molar-refractivity contribution in [1.82, 2.24) is 0 Å². The zero-order valence-electron chi connectivity index (χ0n) is 19.5. The average molecular weight is 562 g/mol. The van der Waals surface area contributed by atoms with Crippen LogP contribution in [0.5, 0.6) is 0 Å². The predicted octanol–water partition coefficient (Wildman–Crippen LogP) is 9.78. The van der Waals surface area contributed by atoms with Crippen molar-refractivity contribution in [3.63, 3.8) is 0 Å². The van der Waals surface area contributed by atoms with Crippen LogP contribution in [0.25, 0.3) is 32.3 Å². The van der Waals surface area contributed by atoms with E-state index in [1.165, 1.54) is 21.5 Å². The fourth-order valence-corrected chi connectivity index (χ4v) is 5.07. The summed E-state index contributed by atoms with van der Waals surface area (Å²) in [6.07, 6.45) is 0. The Bertz CT molecular complexity index is 1700. The number of nitrogens with zero attached hydrogens (tertiary/aromatic N) is 2. The van der Waals surface area contributed by atoms with Crippen LogP contribution >= 0.6 is 20.4 Å². The van der Waals surface area contributed by atoms with E-state index in [9.17, 15) is 0 Å². The number of fused-ring (bicyclic) bond motifs is 2. The van der Waals surface area contributed by atoms with E-state index in [2.05, 4.69) is 121 Å². The third-order valence-electron chi connectivity index (χ3n) is 6.64. The molecule has 2 nitrogen and oxygen atoms in total. The van der Waals surface area contributed by atoms with Crippen molar-refractivity contribution in [2.45, 2.75) is 0 Å². The zero-order valence-corrected chi connectivity index (χ0v) is 22.0. The Hall–Kier alpha value is -3.49. The van der Waals surface area contributed by atoms with Crippen LogP contribution in [-0.4, -0.2) is 11.4 Å². The molecule has 0 fully saturated rings. The molecule has 0 saturated heterocycles. The maximum atomic E-state index is 5.27. The van der Waals surface area contributed by atoms with Gasteiger partial charge in [-0.3, -0.25) is 0 Å². The molecule has 0 aliphatic heterocycles. The van der Waals surface area contributed by atoms with Gasteiger partial charge in [0, 0.05) is 27.3 Å². The SMILES string of the molecule is [Cl][Ni][Cl].c1ccc2c(N=C3C(=Nc4cccc5ccccc45)c4cccc5cccc3c45)cccc2c1. The molecule has 182 valence electrons. The summed E-state index contributed by atoms with van der Waals surface area (Å²) in [5, 5.41) is 7.10. The van der Waals surface area contributed by atoms with Crippen LogP contribution in [0.15, 0.2) is 131 Å². The van der Waals surface area contributed by atoms with Crippen LogP contribution in [-0.2, 0) is 12.7 Å². The van der Waals surface area contributed by atoms with Crippen molar-refractivity contribution in [2.24, 2.45) is 9.98 Å². The van der Waals surface area contributed by atoms with Gasteiger partial charge in [0.1, 0.15) is 0 Å². The topological polar surface area (TPSA) is 24.7 Å². The van der Waals surface area contributed by atoms with Gasteiger partial charge in [-0.1, -0.05) is 109 Å². The molecule has 0 radical (unpaired) electrons. The Morgan fingerprint density at radius 3 is 1.30 bits per heavy atom. The van der Waals surface area contributed by atoms with Gasteiger partial charge in [-0.15, -0.1) is 0 Å². The van der Waals surface area contributed by atoms with Crippen LogP contribution in [0.4, 0.5) is 11.4 Å². The zero-order chi connectivity index (χ0) is 25.2. The van der Waals surface area contributed by atoms with Gasteiger partial charge in [0.05, 0.1) is 22.8 Å². The third-order valence-corrected chi connectivity index (χ3v) is 6.64. The Morgan fingerprint density at radius 2 is 0.811 bits per heavy atom. The van der Waals surface area contributed by atoms with E-state index >= 15 is 0 Å². The summed E-state index contributed by atoms with van der Waals surface area (Å²) >= 11 is 0.569. The molecule has 0 spiro atoms. The van der Waals surface area contributed by atoms with Crippen molar-refractivity contribution in [2.75, 3.05) is 0 Å². The second-order valence-corrected chi connectivity index (χ2v) is 10.3. The maximum Gasteiger partial charge on any atom is 0.0979 e. The molecule has 37 heavy (non-hydrogen) atoms. The van der Waals surface area contributed by atoms with E-state index in [0.717, 1.165) is 44.7 Å². The summed E-state index contributed by atoms with van der Waals surface area (Å²) < 4.78 is 0. The van der Waals surface area contributed by atoms with Crippen LogP contribution in [0.3, 0.4) is 0 Å². The summed E-state index contributed by atoms with van der Waals surface area (Å²) in [5.41, 5.74) is 6.05. The molecular weight excluding hydrogens is 542 g/mol. The molecule has 0 bridgehead atoms. The predicted molar refractivity (Wildman–Crippen MR) is 156 cm³/mol. The van der Waals surface area contributed by atoms with E-state index in [0.29, 0.717) is 12.7 Å². The number of hydrogen-bond donors (Lipinski definition) is 0.